The molecule has 0 bridgehead atoms. The Labute approximate surface area is 198 Å². The van der Waals surface area contributed by atoms with Crippen molar-refractivity contribution in [3.8, 4) is 22.5 Å². The van der Waals surface area contributed by atoms with Crippen molar-refractivity contribution in [1.82, 2.24) is 9.97 Å². The topological polar surface area (TPSA) is 49.8 Å². The number of nitrogens with one attached hydrogen (secondary N) is 2. The molecule has 0 atom stereocenters. The molecule has 0 radical (unpaired) electrons. The molecule has 5 heteroatoms. The van der Waals surface area contributed by atoms with Gasteiger partial charge >= 0.3 is 0 Å². The van der Waals surface area contributed by atoms with E-state index in [1.54, 1.807) is 12.4 Å². The third kappa shape index (κ3) is 4.86. The minimum atomic E-state index is 0.625. The summed E-state index contributed by atoms with van der Waals surface area (Å²) in [6, 6.07) is 34.0. The van der Waals surface area contributed by atoms with Crippen molar-refractivity contribution in [2.24, 2.45) is 0 Å². The predicted octanol–water partition coefficient (Wildman–Crippen LogP) is 7.95. The molecule has 3 aromatic carbocycles. The molecule has 0 spiro atoms. The number of halogens is 1. The lowest BCUT2D eigenvalue weighted by molar-refractivity contribution is 1.33. The van der Waals surface area contributed by atoms with Crippen LogP contribution in [0.2, 0.25) is 5.02 Å². The van der Waals surface area contributed by atoms with Crippen LogP contribution in [0, 0.1) is 0 Å². The van der Waals surface area contributed by atoms with Gasteiger partial charge in [0.05, 0.1) is 27.8 Å². The van der Waals surface area contributed by atoms with Crippen molar-refractivity contribution in [2.75, 3.05) is 10.6 Å². The van der Waals surface area contributed by atoms with Crippen LogP contribution in [0.25, 0.3) is 22.5 Å². The first-order chi connectivity index (χ1) is 16.3. The van der Waals surface area contributed by atoms with Crippen molar-refractivity contribution < 1.29 is 0 Å². The SMILES string of the molecule is Clc1c(Nc2ccc(-c3ccccn3)cc2)cccc1Nc1ccc(-c2ccccn2)cc1. The fraction of sp³-hybridized carbons (Fsp3) is 0. The number of hydrogen-bond donors (Lipinski definition) is 2. The minimum absolute atomic E-state index is 0.625. The van der Waals surface area contributed by atoms with Crippen LogP contribution in [0.4, 0.5) is 22.7 Å². The summed E-state index contributed by atoms with van der Waals surface area (Å²) < 4.78 is 0. The van der Waals surface area contributed by atoms with Gasteiger partial charge in [0.2, 0.25) is 0 Å². The van der Waals surface area contributed by atoms with E-state index in [2.05, 4.69) is 20.6 Å². The molecule has 2 N–H and O–H groups in total. The zero-order valence-electron chi connectivity index (χ0n) is 17.7. The van der Waals surface area contributed by atoms with E-state index in [9.17, 15) is 0 Å². The lowest BCUT2D eigenvalue weighted by Crippen LogP contribution is -1.96. The summed E-state index contributed by atoms with van der Waals surface area (Å²) in [5.41, 5.74) is 7.59. The van der Waals surface area contributed by atoms with E-state index in [1.807, 2.05) is 103 Å². The summed E-state index contributed by atoms with van der Waals surface area (Å²) in [6.45, 7) is 0. The van der Waals surface area contributed by atoms with Crippen molar-refractivity contribution in [3.05, 3.63) is 121 Å². The maximum absolute atomic E-state index is 6.72. The molecule has 0 saturated carbocycles. The summed E-state index contributed by atoms with van der Waals surface area (Å²) in [6.07, 6.45) is 3.59. The molecule has 5 aromatic rings. The van der Waals surface area contributed by atoms with Crippen molar-refractivity contribution in [2.45, 2.75) is 0 Å². The highest BCUT2D eigenvalue weighted by Gasteiger charge is 2.08. The number of aromatic nitrogens is 2. The van der Waals surface area contributed by atoms with Crippen LogP contribution in [0.3, 0.4) is 0 Å². The minimum Gasteiger partial charge on any atom is -0.354 e. The van der Waals surface area contributed by atoms with Gasteiger partial charge in [0, 0.05) is 34.9 Å². The molecule has 2 heterocycles. The van der Waals surface area contributed by atoms with Gasteiger partial charge in [-0.3, -0.25) is 9.97 Å². The summed E-state index contributed by atoms with van der Waals surface area (Å²) in [5.74, 6) is 0. The molecule has 0 unspecified atom stereocenters. The molecule has 2 aromatic heterocycles. The number of rotatable bonds is 6. The number of anilines is 4. The van der Waals surface area contributed by atoms with Gasteiger partial charge in [0.15, 0.2) is 0 Å². The molecule has 33 heavy (non-hydrogen) atoms. The quantitative estimate of drug-likeness (QED) is 0.276. The summed E-state index contributed by atoms with van der Waals surface area (Å²) in [5, 5.41) is 7.44. The van der Waals surface area contributed by atoms with Gasteiger partial charge in [-0.05, 0) is 60.7 Å². The summed E-state index contributed by atoms with van der Waals surface area (Å²) in [4.78, 5) is 8.80. The van der Waals surface area contributed by atoms with Crippen LogP contribution in [-0.4, -0.2) is 9.97 Å². The summed E-state index contributed by atoms with van der Waals surface area (Å²) >= 11 is 6.72. The normalized spacial score (nSPS) is 10.6. The third-order valence-electron chi connectivity index (χ3n) is 5.25. The summed E-state index contributed by atoms with van der Waals surface area (Å²) in [7, 11) is 0. The highest BCUT2D eigenvalue weighted by Crippen LogP contribution is 2.34. The second-order valence-corrected chi connectivity index (χ2v) is 7.88. The number of benzene rings is 3. The van der Waals surface area contributed by atoms with E-state index in [4.69, 9.17) is 11.6 Å². The van der Waals surface area contributed by atoms with E-state index >= 15 is 0 Å². The maximum atomic E-state index is 6.72. The fourth-order valence-corrected chi connectivity index (χ4v) is 3.77. The first kappa shape index (κ1) is 20.7. The zero-order valence-corrected chi connectivity index (χ0v) is 18.5. The van der Waals surface area contributed by atoms with Gasteiger partial charge in [-0.25, -0.2) is 0 Å². The van der Waals surface area contributed by atoms with Crippen LogP contribution in [0.1, 0.15) is 0 Å². The van der Waals surface area contributed by atoms with Crippen LogP contribution >= 0.6 is 11.6 Å². The molecule has 0 aliphatic rings. The number of pyridine rings is 2. The Morgan fingerprint density at radius 3 is 1.33 bits per heavy atom. The van der Waals surface area contributed by atoms with E-state index in [1.165, 1.54) is 0 Å². The zero-order chi connectivity index (χ0) is 22.5. The molecule has 0 fully saturated rings. The first-order valence-electron chi connectivity index (χ1n) is 10.6. The fourth-order valence-electron chi connectivity index (χ4n) is 3.55. The molecule has 160 valence electrons. The lowest BCUT2D eigenvalue weighted by Gasteiger charge is -2.14. The first-order valence-corrected chi connectivity index (χ1v) is 11.0. The van der Waals surface area contributed by atoms with E-state index in [-0.39, 0.29) is 0 Å². The van der Waals surface area contributed by atoms with Crippen molar-refractivity contribution in [3.63, 3.8) is 0 Å². The number of hydrogen-bond acceptors (Lipinski definition) is 4. The smallest absolute Gasteiger partial charge is 0.0875 e. The molecule has 0 aliphatic carbocycles. The van der Waals surface area contributed by atoms with Gasteiger partial charge in [0.1, 0.15) is 0 Å². The predicted molar refractivity (Wildman–Crippen MR) is 137 cm³/mol. The second-order valence-electron chi connectivity index (χ2n) is 7.50. The van der Waals surface area contributed by atoms with Gasteiger partial charge in [-0.2, -0.15) is 0 Å². The van der Waals surface area contributed by atoms with Gasteiger partial charge in [-0.15, -0.1) is 0 Å². The van der Waals surface area contributed by atoms with Crippen molar-refractivity contribution >= 4 is 34.4 Å². The lowest BCUT2D eigenvalue weighted by atomic mass is 10.1. The van der Waals surface area contributed by atoms with Gasteiger partial charge in [-0.1, -0.05) is 54.1 Å². The highest BCUT2D eigenvalue weighted by atomic mass is 35.5. The molecular formula is C28H21ClN4. The highest BCUT2D eigenvalue weighted by molar-refractivity contribution is 6.36. The van der Waals surface area contributed by atoms with E-state index in [0.29, 0.717) is 5.02 Å². The van der Waals surface area contributed by atoms with Crippen LogP contribution in [-0.2, 0) is 0 Å². The monoisotopic (exact) mass is 448 g/mol. The Morgan fingerprint density at radius 1 is 0.485 bits per heavy atom. The van der Waals surface area contributed by atoms with Crippen molar-refractivity contribution in [1.29, 1.82) is 0 Å². The second kappa shape index (κ2) is 9.55. The standard InChI is InChI=1S/C28H21ClN4/c29-28-26(32-22-14-10-20(11-15-22)24-6-1-3-18-30-24)8-5-9-27(28)33-23-16-12-21(13-17-23)25-7-2-4-19-31-25/h1-19,32-33H. The molecule has 0 saturated heterocycles. The largest absolute Gasteiger partial charge is 0.354 e. The van der Waals surface area contributed by atoms with E-state index in [0.717, 1.165) is 45.3 Å². The Balaban J connectivity index is 1.31. The average Bonchev–Trinajstić information content (AvgIpc) is 2.88. The Morgan fingerprint density at radius 2 is 0.939 bits per heavy atom. The van der Waals surface area contributed by atoms with Crippen LogP contribution < -0.4 is 10.6 Å². The van der Waals surface area contributed by atoms with Crippen LogP contribution in [0.5, 0.6) is 0 Å². The Hall–Kier alpha value is -4.15. The van der Waals surface area contributed by atoms with E-state index < -0.39 is 0 Å². The van der Waals surface area contributed by atoms with Crippen LogP contribution in [0.15, 0.2) is 116 Å². The average molecular weight is 449 g/mol. The molecule has 4 nitrogen and oxygen atoms in total. The molecule has 5 rings (SSSR count). The third-order valence-corrected chi connectivity index (χ3v) is 5.66. The number of nitrogens with zero attached hydrogens (tertiary/aromatic N) is 2. The molecule has 0 amide bonds. The molecular weight excluding hydrogens is 428 g/mol. The Bertz CT molecular complexity index is 1230. The maximum Gasteiger partial charge on any atom is 0.0875 e. The van der Waals surface area contributed by atoms with Gasteiger partial charge in [0.25, 0.3) is 0 Å². The van der Waals surface area contributed by atoms with Gasteiger partial charge < -0.3 is 10.6 Å². The molecule has 0 aliphatic heterocycles. The Kier molecular flexibility index (Phi) is 6.00.